The van der Waals surface area contributed by atoms with Crippen molar-refractivity contribution in [2.45, 2.75) is 46.5 Å². The zero-order valence-corrected chi connectivity index (χ0v) is 13.5. The third-order valence-corrected chi connectivity index (χ3v) is 4.62. The van der Waals surface area contributed by atoms with Crippen LogP contribution in [-0.4, -0.2) is 16.5 Å². The van der Waals surface area contributed by atoms with Crippen LogP contribution in [0.4, 0.5) is 5.69 Å². The molecule has 2 rings (SSSR count). The number of pyridine rings is 1. The van der Waals surface area contributed by atoms with E-state index in [1.807, 2.05) is 13.8 Å². The van der Waals surface area contributed by atoms with Gasteiger partial charge < -0.3 is 11.1 Å². The molecule has 0 aliphatic heterocycles. The number of aryl methyl sites for hydroxylation is 2. The Labute approximate surface area is 127 Å². The van der Waals surface area contributed by atoms with Gasteiger partial charge in [0.25, 0.3) is 0 Å². The van der Waals surface area contributed by atoms with Crippen LogP contribution in [0.5, 0.6) is 0 Å². The largest absolute Gasteiger partial charge is 0.389 e. The van der Waals surface area contributed by atoms with Crippen LogP contribution in [0, 0.1) is 25.7 Å². The average molecular weight is 291 g/mol. The van der Waals surface area contributed by atoms with E-state index in [1.165, 1.54) is 25.7 Å². The van der Waals surface area contributed by atoms with Gasteiger partial charge in [0.05, 0.1) is 5.56 Å². The summed E-state index contributed by atoms with van der Waals surface area (Å²) in [5.74, 6) is 1.55. The molecule has 0 aromatic carbocycles. The van der Waals surface area contributed by atoms with Gasteiger partial charge >= 0.3 is 0 Å². The highest BCUT2D eigenvalue weighted by Crippen LogP contribution is 2.30. The molecule has 2 atom stereocenters. The maximum absolute atomic E-state index is 5.85. The van der Waals surface area contributed by atoms with Crippen molar-refractivity contribution in [3.05, 3.63) is 23.0 Å². The minimum Gasteiger partial charge on any atom is -0.389 e. The molecule has 1 heterocycles. The molecule has 2 unspecified atom stereocenters. The van der Waals surface area contributed by atoms with Crippen LogP contribution < -0.4 is 11.1 Å². The van der Waals surface area contributed by atoms with Gasteiger partial charge in [-0.15, -0.1) is 0 Å². The van der Waals surface area contributed by atoms with Crippen molar-refractivity contribution in [3.63, 3.8) is 0 Å². The maximum atomic E-state index is 5.85. The van der Waals surface area contributed by atoms with Gasteiger partial charge in [0.15, 0.2) is 0 Å². The third-order valence-electron chi connectivity index (χ3n) is 4.42. The summed E-state index contributed by atoms with van der Waals surface area (Å²) >= 11 is 5.17. The molecular weight excluding hydrogens is 266 g/mol. The number of nitrogens with one attached hydrogen (secondary N) is 1. The molecule has 0 radical (unpaired) electrons. The lowest BCUT2D eigenvalue weighted by molar-refractivity contribution is 0.268. The molecule has 20 heavy (non-hydrogen) atoms. The Kier molecular flexibility index (Phi) is 4.97. The third kappa shape index (κ3) is 3.48. The molecule has 1 aromatic rings. The van der Waals surface area contributed by atoms with Crippen molar-refractivity contribution in [1.29, 1.82) is 0 Å². The zero-order chi connectivity index (χ0) is 14.7. The van der Waals surface area contributed by atoms with Crippen molar-refractivity contribution in [1.82, 2.24) is 4.98 Å². The van der Waals surface area contributed by atoms with E-state index in [9.17, 15) is 0 Å². The molecule has 0 saturated heterocycles. The Balaban J connectivity index is 2.14. The lowest BCUT2D eigenvalue weighted by atomic mass is 9.80. The van der Waals surface area contributed by atoms with Gasteiger partial charge in [-0.05, 0) is 38.2 Å². The van der Waals surface area contributed by atoms with E-state index in [4.69, 9.17) is 18.0 Å². The maximum Gasteiger partial charge on any atom is 0.107 e. The second kappa shape index (κ2) is 6.53. The summed E-state index contributed by atoms with van der Waals surface area (Å²) in [4.78, 5) is 4.88. The summed E-state index contributed by atoms with van der Waals surface area (Å²) in [5, 5.41) is 3.57. The van der Waals surface area contributed by atoms with Crippen LogP contribution in [0.2, 0.25) is 0 Å². The first kappa shape index (κ1) is 15.2. The molecule has 0 amide bonds. The number of rotatable bonds is 4. The highest BCUT2D eigenvalue weighted by Gasteiger charge is 2.21. The summed E-state index contributed by atoms with van der Waals surface area (Å²) in [6.45, 7) is 7.34. The first-order chi connectivity index (χ1) is 9.49. The van der Waals surface area contributed by atoms with Gasteiger partial charge in [-0.25, -0.2) is 0 Å². The Bertz CT molecular complexity index is 499. The zero-order valence-electron chi connectivity index (χ0n) is 12.7. The summed E-state index contributed by atoms with van der Waals surface area (Å²) < 4.78 is 0. The second-order valence-corrected chi connectivity index (χ2v) is 6.48. The minimum atomic E-state index is 0.425. The molecular formula is C16H25N3S. The number of anilines is 1. The van der Waals surface area contributed by atoms with Gasteiger partial charge in [0, 0.05) is 23.6 Å². The van der Waals surface area contributed by atoms with Crippen LogP contribution in [0.25, 0.3) is 0 Å². The first-order valence-electron chi connectivity index (χ1n) is 7.51. The van der Waals surface area contributed by atoms with Crippen molar-refractivity contribution >= 4 is 22.9 Å². The predicted molar refractivity (Wildman–Crippen MR) is 89.2 cm³/mol. The van der Waals surface area contributed by atoms with Crippen LogP contribution in [-0.2, 0) is 0 Å². The Morgan fingerprint density at radius 3 is 2.75 bits per heavy atom. The van der Waals surface area contributed by atoms with Crippen molar-refractivity contribution in [2.24, 2.45) is 17.6 Å². The lowest BCUT2D eigenvalue weighted by Crippen LogP contribution is -2.25. The van der Waals surface area contributed by atoms with E-state index >= 15 is 0 Å². The van der Waals surface area contributed by atoms with Crippen LogP contribution in [0.15, 0.2) is 6.07 Å². The minimum absolute atomic E-state index is 0.425. The SMILES string of the molecule is Cc1cc(NCC2CCCCC2C)c(C(N)=S)c(C)n1. The number of thiocarbonyl (C=S) groups is 1. The van der Waals surface area contributed by atoms with Crippen LogP contribution >= 0.6 is 12.2 Å². The molecule has 1 aliphatic carbocycles. The molecule has 1 aromatic heterocycles. The monoisotopic (exact) mass is 291 g/mol. The molecule has 1 aliphatic rings. The topological polar surface area (TPSA) is 50.9 Å². The van der Waals surface area contributed by atoms with Crippen molar-refractivity contribution < 1.29 is 0 Å². The molecule has 1 fully saturated rings. The molecule has 110 valence electrons. The predicted octanol–water partition coefficient (Wildman–Crippen LogP) is 3.57. The van der Waals surface area contributed by atoms with E-state index in [-0.39, 0.29) is 0 Å². The fraction of sp³-hybridized carbons (Fsp3) is 0.625. The van der Waals surface area contributed by atoms with Crippen molar-refractivity contribution in [3.8, 4) is 0 Å². The van der Waals surface area contributed by atoms with Gasteiger partial charge in [-0.2, -0.15) is 0 Å². The van der Waals surface area contributed by atoms with Crippen molar-refractivity contribution in [2.75, 3.05) is 11.9 Å². The standard InChI is InChI=1S/C16H25N3S/c1-10-6-4-5-7-13(10)9-18-14-8-11(2)19-12(3)15(14)16(17)20/h8,10,13H,4-7,9H2,1-3H3,(H2,17,20)(H,18,19). The summed E-state index contributed by atoms with van der Waals surface area (Å²) in [6, 6.07) is 2.05. The van der Waals surface area contributed by atoms with E-state index in [2.05, 4.69) is 23.3 Å². The van der Waals surface area contributed by atoms with Gasteiger partial charge in [0.1, 0.15) is 4.99 Å². The number of hydrogen-bond acceptors (Lipinski definition) is 3. The average Bonchev–Trinajstić information content (AvgIpc) is 2.36. The number of hydrogen-bond donors (Lipinski definition) is 2. The first-order valence-corrected chi connectivity index (χ1v) is 7.91. The highest BCUT2D eigenvalue weighted by molar-refractivity contribution is 7.80. The smallest absolute Gasteiger partial charge is 0.107 e. The van der Waals surface area contributed by atoms with Gasteiger partial charge in [0.2, 0.25) is 0 Å². The Hall–Kier alpha value is -1.16. The number of nitrogens with zero attached hydrogens (tertiary/aromatic N) is 1. The summed E-state index contributed by atoms with van der Waals surface area (Å²) in [7, 11) is 0. The lowest BCUT2D eigenvalue weighted by Gasteiger charge is -2.29. The quantitative estimate of drug-likeness (QED) is 0.833. The molecule has 0 bridgehead atoms. The summed E-state index contributed by atoms with van der Waals surface area (Å²) in [6.07, 6.45) is 5.40. The van der Waals surface area contributed by atoms with Crippen LogP contribution in [0.3, 0.4) is 0 Å². The number of nitrogens with two attached hydrogens (primary N) is 1. The van der Waals surface area contributed by atoms with Gasteiger partial charge in [-0.3, -0.25) is 4.98 Å². The second-order valence-electron chi connectivity index (χ2n) is 6.04. The Morgan fingerprint density at radius 2 is 2.10 bits per heavy atom. The van der Waals surface area contributed by atoms with Gasteiger partial charge in [-0.1, -0.05) is 38.4 Å². The molecule has 1 saturated carbocycles. The Morgan fingerprint density at radius 1 is 1.40 bits per heavy atom. The van der Waals surface area contributed by atoms with E-state index in [1.54, 1.807) is 0 Å². The fourth-order valence-electron chi connectivity index (χ4n) is 3.22. The van der Waals surface area contributed by atoms with E-state index in [0.717, 1.165) is 41.0 Å². The van der Waals surface area contributed by atoms with E-state index in [0.29, 0.717) is 4.99 Å². The molecule has 4 heteroatoms. The molecule has 0 spiro atoms. The van der Waals surface area contributed by atoms with Crippen LogP contribution in [0.1, 0.15) is 49.6 Å². The normalized spacial score (nSPS) is 22.6. The van der Waals surface area contributed by atoms with E-state index < -0.39 is 0 Å². The fourth-order valence-corrected chi connectivity index (χ4v) is 3.47. The summed E-state index contributed by atoms with van der Waals surface area (Å²) in [5.41, 5.74) is 9.71. The number of aromatic nitrogens is 1. The molecule has 3 nitrogen and oxygen atoms in total. The molecule has 3 N–H and O–H groups in total. The highest BCUT2D eigenvalue weighted by atomic mass is 32.1.